The summed E-state index contributed by atoms with van der Waals surface area (Å²) in [6.07, 6.45) is 5.91. The topological polar surface area (TPSA) is 40.5 Å². The number of allylic oxidation sites excluding steroid dienone is 2. The van der Waals surface area contributed by atoms with Crippen molar-refractivity contribution in [2.24, 2.45) is 11.3 Å². The van der Waals surface area contributed by atoms with Crippen LogP contribution in [0.5, 0.6) is 5.75 Å². The van der Waals surface area contributed by atoms with Crippen LogP contribution >= 0.6 is 11.6 Å². The summed E-state index contributed by atoms with van der Waals surface area (Å²) in [4.78, 5) is 0. The minimum atomic E-state index is -0.175. The summed E-state index contributed by atoms with van der Waals surface area (Å²) in [5.74, 6) is 0.735. The first-order valence-corrected chi connectivity index (χ1v) is 7.24. The Bertz CT molecular complexity index is 538. The number of phenols is 1. The van der Waals surface area contributed by atoms with Crippen LogP contribution in [0.2, 0.25) is 5.02 Å². The van der Waals surface area contributed by atoms with Gasteiger partial charge >= 0.3 is 0 Å². The molecule has 0 saturated heterocycles. The molecule has 3 heteroatoms. The summed E-state index contributed by atoms with van der Waals surface area (Å²) in [6.45, 7) is 2.20. The van der Waals surface area contributed by atoms with Gasteiger partial charge in [0.15, 0.2) is 0 Å². The molecule has 0 bridgehead atoms. The zero-order valence-electron chi connectivity index (χ0n) is 11.1. The molecule has 2 aliphatic rings. The maximum atomic E-state index is 10.1. The lowest BCUT2D eigenvalue weighted by atomic mass is 9.68. The lowest BCUT2D eigenvalue weighted by molar-refractivity contribution is 0.0400. The molecule has 1 unspecified atom stereocenters. The van der Waals surface area contributed by atoms with E-state index in [1.54, 1.807) is 12.1 Å². The first kappa shape index (κ1) is 13.0. The van der Waals surface area contributed by atoms with Crippen LogP contribution in [0.4, 0.5) is 0 Å². The van der Waals surface area contributed by atoms with Crippen LogP contribution in [0.1, 0.15) is 38.2 Å². The Hall–Kier alpha value is -0.990. The van der Waals surface area contributed by atoms with E-state index in [9.17, 15) is 10.2 Å². The fourth-order valence-corrected chi connectivity index (χ4v) is 3.90. The number of phenolic OH excluding ortho intramolecular Hbond substituents is 1. The Morgan fingerprint density at radius 2 is 2.11 bits per heavy atom. The number of aromatic hydroxyl groups is 1. The van der Waals surface area contributed by atoms with E-state index in [0.717, 1.165) is 31.2 Å². The highest BCUT2D eigenvalue weighted by Gasteiger charge is 2.47. The summed E-state index contributed by atoms with van der Waals surface area (Å²) in [5, 5.41) is 20.2. The van der Waals surface area contributed by atoms with Crippen molar-refractivity contribution in [1.82, 2.24) is 0 Å². The molecule has 1 aromatic carbocycles. The summed E-state index contributed by atoms with van der Waals surface area (Å²) in [7, 11) is 0. The van der Waals surface area contributed by atoms with Gasteiger partial charge in [0.2, 0.25) is 0 Å². The predicted molar refractivity (Wildman–Crippen MR) is 77.2 cm³/mol. The first-order valence-electron chi connectivity index (χ1n) is 6.86. The quantitative estimate of drug-likeness (QED) is 0.815. The Kier molecular flexibility index (Phi) is 3.11. The van der Waals surface area contributed by atoms with Gasteiger partial charge in [0.05, 0.1) is 11.1 Å². The van der Waals surface area contributed by atoms with E-state index in [1.807, 2.05) is 6.07 Å². The number of benzene rings is 1. The Balaban J connectivity index is 1.92. The summed E-state index contributed by atoms with van der Waals surface area (Å²) < 4.78 is 0. The molecule has 0 heterocycles. The van der Waals surface area contributed by atoms with Gasteiger partial charge in [0, 0.05) is 5.41 Å². The molecule has 0 spiro atoms. The minimum absolute atomic E-state index is 0.0346. The summed E-state index contributed by atoms with van der Waals surface area (Å²) in [6, 6.07) is 5.16. The van der Waals surface area contributed by atoms with Crippen LogP contribution < -0.4 is 0 Å². The Morgan fingerprint density at radius 1 is 1.32 bits per heavy atom. The van der Waals surface area contributed by atoms with Crippen LogP contribution in [0.3, 0.4) is 0 Å². The van der Waals surface area contributed by atoms with Crippen LogP contribution in [-0.2, 0) is 0 Å². The molecule has 102 valence electrons. The third kappa shape index (κ3) is 2.07. The van der Waals surface area contributed by atoms with Crippen molar-refractivity contribution in [3.05, 3.63) is 34.9 Å². The van der Waals surface area contributed by atoms with E-state index in [2.05, 4.69) is 13.0 Å². The molecule has 1 saturated carbocycles. The van der Waals surface area contributed by atoms with Gasteiger partial charge in [-0.25, -0.2) is 0 Å². The van der Waals surface area contributed by atoms with E-state index in [4.69, 9.17) is 11.6 Å². The molecule has 2 nitrogen and oxygen atoms in total. The van der Waals surface area contributed by atoms with Gasteiger partial charge in [-0.05, 0) is 60.9 Å². The number of halogens is 1. The lowest BCUT2D eigenvalue weighted by Gasteiger charge is -2.38. The second kappa shape index (κ2) is 4.53. The average Bonchev–Trinajstić information content (AvgIpc) is 2.66. The normalized spacial score (nSPS) is 33.9. The summed E-state index contributed by atoms with van der Waals surface area (Å²) in [5.41, 5.74) is 2.30. The van der Waals surface area contributed by atoms with Gasteiger partial charge in [-0.15, -0.1) is 0 Å². The first-order chi connectivity index (χ1) is 9.00. The molecule has 1 fully saturated rings. The van der Waals surface area contributed by atoms with Gasteiger partial charge < -0.3 is 10.2 Å². The van der Waals surface area contributed by atoms with Crippen LogP contribution in [0, 0.1) is 11.3 Å². The predicted octanol–water partition coefficient (Wildman–Crippen LogP) is 4.00. The number of rotatable bonds is 1. The van der Waals surface area contributed by atoms with Crippen LogP contribution in [-0.4, -0.2) is 16.3 Å². The van der Waals surface area contributed by atoms with Crippen molar-refractivity contribution in [3.63, 3.8) is 0 Å². The third-order valence-electron chi connectivity index (χ3n) is 5.04. The van der Waals surface area contributed by atoms with Crippen molar-refractivity contribution < 1.29 is 10.2 Å². The van der Waals surface area contributed by atoms with Gasteiger partial charge in [-0.3, -0.25) is 0 Å². The third-order valence-corrected chi connectivity index (χ3v) is 5.35. The molecular formula is C16H19ClO2. The van der Waals surface area contributed by atoms with E-state index < -0.39 is 0 Å². The molecular weight excluding hydrogens is 260 g/mol. The second-order valence-electron chi connectivity index (χ2n) is 6.10. The minimum Gasteiger partial charge on any atom is -0.508 e. The standard InChI is InChI=1S/C16H19ClO2/c1-16-7-6-10(8-11(16)2-5-15(16)19)13-4-3-12(18)9-14(13)17/h3-4,6,9,11,15,18-19H,2,5,7-8H2,1H3/t11?,15-,16-/m0/s1. The van der Waals surface area contributed by atoms with Crippen molar-refractivity contribution in [2.45, 2.75) is 38.7 Å². The number of aliphatic hydroxyl groups excluding tert-OH is 1. The Morgan fingerprint density at radius 3 is 2.84 bits per heavy atom. The molecule has 3 rings (SSSR count). The smallest absolute Gasteiger partial charge is 0.117 e. The molecule has 2 aliphatic carbocycles. The van der Waals surface area contributed by atoms with Crippen LogP contribution in [0.25, 0.3) is 5.57 Å². The largest absolute Gasteiger partial charge is 0.508 e. The summed E-state index contributed by atoms with van der Waals surface area (Å²) >= 11 is 6.22. The molecule has 0 aromatic heterocycles. The number of hydrogen-bond donors (Lipinski definition) is 2. The van der Waals surface area contributed by atoms with Gasteiger partial charge in [-0.1, -0.05) is 24.6 Å². The molecule has 0 aliphatic heterocycles. The highest BCUT2D eigenvalue weighted by molar-refractivity contribution is 6.32. The van der Waals surface area contributed by atoms with E-state index in [-0.39, 0.29) is 17.3 Å². The molecule has 0 amide bonds. The van der Waals surface area contributed by atoms with Crippen molar-refractivity contribution in [1.29, 1.82) is 0 Å². The van der Waals surface area contributed by atoms with E-state index in [0.29, 0.717) is 10.9 Å². The van der Waals surface area contributed by atoms with Gasteiger partial charge in [-0.2, -0.15) is 0 Å². The van der Waals surface area contributed by atoms with Gasteiger partial charge in [0.1, 0.15) is 5.75 Å². The molecule has 19 heavy (non-hydrogen) atoms. The Labute approximate surface area is 118 Å². The molecule has 2 N–H and O–H groups in total. The molecule has 1 aromatic rings. The van der Waals surface area contributed by atoms with Crippen molar-refractivity contribution in [3.8, 4) is 5.75 Å². The van der Waals surface area contributed by atoms with E-state index in [1.165, 1.54) is 5.57 Å². The van der Waals surface area contributed by atoms with E-state index >= 15 is 0 Å². The zero-order valence-corrected chi connectivity index (χ0v) is 11.8. The maximum absolute atomic E-state index is 10.1. The van der Waals surface area contributed by atoms with Crippen molar-refractivity contribution in [2.75, 3.05) is 0 Å². The number of fused-ring (bicyclic) bond motifs is 1. The SMILES string of the molecule is C[C@]12CC=C(c3ccc(O)cc3Cl)CC1CC[C@@H]2O. The molecule has 0 radical (unpaired) electrons. The van der Waals surface area contributed by atoms with Gasteiger partial charge in [0.25, 0.3) is 0 Å². The highest BCUT2D eigenvalue weighted by Crippen LogP contribution is 2.53. The second-order valence-corrected chi connectivity index (χ2v) is 6.50. The fourth-order valence-electron chi connectivity index (χ4n) is 3.60. The number of hydrogen-bond acceptors (Lipinski definition) is 2. The maximum Gasteiger partial charge on any atom is 0.117 e. The molecule has 3 atom stereocenters. The van der Waals surface area contributed by atoms with Crippen LogP contribution in [0.15, 0.2) is 24.3 Å². The zero-order chi connectivity index (χ0) is 13.6. The average molecular weight is 279 g/mol. The fraction of sp³-hybridized carbons (Fsp3) is 0.500. The number of aliphatic hydroxyl groups is 1. The highest BCUT2D eigenvalue weighted by atomic mass is 35.5. The van der Waals surface area contributed by atoms with Crippen molar-refractivity contribution >= 4 is 17.2 Å². The monoisotopic (exact) mass is 278 g/mol. The lowest BCUT2D eigenvalue weighted by Crippen LogP contribution is -2.34.